The summed E-state index contributed by atoms with van der Waals surface area (Å²) in [4.78, 5) is 27.7. The number of halogens is 3. The molecular formula is C16H21F3N2O4S. The van der Waals surface area contributed by atoms with E-state index in [1.807, 2.05) is 0 Å². The summed E-state index contributed by atoms with van der Waals surface area (Å²) in [5.74, 6) is -2.43. The van der Waals surface area contributed by atoms with E-state index >= 15 is 0 Å². The molecule has 1 aromatic rings. The second kappa shape index (κ2) is 7.51. The average Bonchev–Trinajstić information content (AvgIpc) is 2.81. The van der Waals surface area contributed by atoms with E-state index in [9.17, 15) is 33.0 Å². The molecule has 0 bridgehead atoms. The Hall–Kier alpha value is -1.68. The second-order valence-electron chi connectivity index (χ2n) is 6.68. The molecule has 0 spiro atoms. The van der Waals surface area contributed by atoms with Crippen molar-refractivity contribution >= 4 is 23.2 Å². The molecule has 1 aliphatic rings. The predicted molar refractivity (Wildman–Crippen MR) is 87.6 cm³/mol. The molecule has 1 aliphatic carbocycles. The number of amides is 1. The lowest BCUT2D eigenvalue weighted by molar-refractivity contribution is -0.267. The number of carbonyl (C=O) groups excluding carboxylic acids is 1. The molecular weight excluding hydrogens is 373 g/mol. The molecule has 6 nitrogen and oxygen atoms in total. The Kier molecular flexibility index (Phi) is 5.96. The van der Waals surface area contributed by atoms with Gasteiger partial charge in [0.2, 0.25) is 11.5 Å². The Bertz CT molecular complexity index is 669. The van der Waals surface area contributed by atoms with Crippen LogP contribution in [-0.2, 0) is 15.2 Å². The molecule has 0 aliphatic heterocycles. The van der Waals surface area contributed by atoms with Gasteiger partial charge in [-0.05, 0) is 19.8 Å². The lowest BCUT2D eigenvalue weighted by Crippen LogP contribution is -2.56. The molecule has 0 radical (unpaired) electrons. The number of hydrogen-bond acceptors (Lipinski definition) is 5. The smallest absolute Gasteiger partial charge is 0.424 e. The third-order valence-electron chi connectivity index (χ3n) is 4.60. The van der Waals surface area contributed by atoms with Crippen LogP contribution >= 0.6 is 11.3 Å². The highest BCUT2D eigenvalue weighted by atomic mass is 32.1. The number of nitrogens with one attached hydrogen (secondary N) is 1. The SMILES string of the molecule is Cc1csc(C(O)(CC(=O)NC2(C(=O)O)CCCCCC2)C(F)(F)F)n1. The van der Waals surface area contributed by atoms with Gasteiger partial charge >= 0.3 is 12.1 Å². The van der Waals surface area contributed by atoms with Gasteiger partial charge in [0.05, 0.1) is 6.42 Å². The highest BCUT2D eigenvalue weighted by Crippen LogP contribution is 2.43. The summed E-state index contributed by atoms with van der Waals surface area (Å²) < 4.78 is 40.4. The van der Waals surface area contributed by atoms with Crippen molar-refractivity contribution in [3.63, 3.8) is 0 Å². The number of rotatable bonds is 5. The number of aryl methyl sites for hydroxylation is 1. The molecule has 1 atom stereocenters. The number of alkyl halides is 3. The summed E-state index contributed by atoms with van der Waals surface area (Å²) in [6.07, 6.45) is -3.45. The number of carboxylic acid groups (broad SMARTS) is 1. The Balaban J connectivity index is 2.25. The zero-order chi connectivity index (χ0) is 19.6. The van der Waals surface area contributed by atoms with Gasteiger partial charge in [0.25, 0.3) is 0 Å². The fourth-order valence-corrected chi connectivity index (χ4v) is 4.02. The standard InChI is InChI=1S/C16H21F3N2O4S/c1-10-9-26-12(20-10)15(25,16(17,18)19)8-11(22)21-14(13(23)24)6-4-2-3-5-7-14/h9,25H,2-8H2,1H3,(H,21,22)(H,23,24). The minimum absolute atomic E-state index is 0.148. The van der Waals surface area contributed by atoms with Crippen molar-refractivity contribution in [1.82, 2.24) is 10.3 Å². The van der Waals surface area contributed by atoms with E-state index in [1.165, 1.54) is 12.3 Å². The Morgan fingerprint density at radius 3 is 2.27 bits per heavy atom. The van der Waals surface area contributed by atoms with E-state index in [-0.39, 0.29) is 12.8 Å². The molecule has 1 amide bonds. The van der Waals surface area contributed by atoms with E-state index in [4.69, 9.17) is 0 Å². The molecule has 1 aromatic heterocycles. The number of thiazole rings is 1. The first-order valence-electron chi connectivity index (χ1n) is 8.26. The number of nitrogens with zero attached hydrogens (tertiary/aromatic N) is 1. The molecule has 1 saturated carbocycles. The normalized spacial score (nSPS) is 20.0. The fourth-order valence-electron chi connectivity index (χ4n) is 3.11. The van der Waals surface area contributed by atoms with E-state index in [2.05, 4.69) is 10.3 Å². The molecule has 10 heteroatoms. The highest BCUT2D eigenvalue weighted by molar-refractivity contribution is 7.09. The van der Waals surface area contributed by atoms with Gasteiger partial charge in [-0.1, -0.05) is 25.7 Å². The van der Waals surface area contributed by atoms with Gasteiger partial charge in [-0.15, -0.1) is 11.3 Å². The van der Waals surface area contributed by atoms with Crippen molar-refractivity contribution in [3.8, 4) is 0 Å². The molecule has 1 heterocycles. The molecule has 0 saturated heterocycles. The summed E-state index contributed by atoms with van der Waals surface area (Å²) in [5, 5.41) is 22.7. The van der Waals surface area contributed by atoms with E-state index < -0.39 is 40.6 Å². The zero-order valence-corrected chi connectivity index (χ0v) is 15.0. The maximum absolute atomic E-state index is 13.5. The van der Waals surface area contributed by atoms with E-state index in [0.717, 1.165) is 12.8 Å². The van der Waals surface area contributed by atoms with Gasteiger partial charge in [-0.2, -0.15) is 13.2 Å². The van der Waals surface area contributed by atoms with Crippen molar-refractivity contribution in [2.45, 2.75) is 69.2 Å². The molecule has 0 aromatic carbocycles. The van der Waals surface area contributed by atoms with Crippen molar-refractivity contribution in [2.24, 2.45) is 0 Å². The molecule has 2 rings (SSSR count). The summed E-state index contributed by atoms with van der Waals surface area (Å²) in [7, 11) is 0. The van der Waals surface area contributed by atoms with Gasteiger partial charge < -0.3 is 15.5 Å². The number of carbonyl (C=O) groups is 2. The van der Waals surface area contributed by atoms with Crippen LogP contribution in [0.4, 0.5) is 13.2 Å². The van der Waals surface area contributed by atoms with Crippen LogP contribution in [0, 0.1) is 6.92 Å². The summed E-state index contributed by atoms with van der Waals surface area (Å²) in [6.45, 7) is 1.47. The third-order valence-corrected chi connectivity index (χ3v) is 5.71. The first-order valence-corrected chi connectivity index (χ1v) is 9.14. The van der Waals surface area contributed by atoms with Crippen LogP contribution in [0.15, 0.2) is 5.38 Å². The minimum Gasteiger partial charge on any atom is -0.480 e. The number of aliphatic carboxylic acids is 1. The Morgan fingerprint density at radius 2 is 1.85 bits per heavy atom. The van der Waals surface area contributed by atoms with Crippen molar-refractivity contribution in [1.29, 1.82) is 0 Å². The van der Waals surface area contributed by atoms with Gasteiger partial charge in [-0.3, -0.25) is 4.79 Å². The van der Waals surface area contributed by atoms with E-state index in [1.54, 1.807) is 0 Å². The lowest BCUT2D eigenvalue weighted by Gasteiger charge is -2.32. The van der Waals surface area contributed by atoms with Crippen LogP contribution in [0.25, 0.3) is 0 Å². The van der Waals surface area contributed by atoms with Crippen LogP contribution in [0.3, 0.4) is 0 Å². The summed E-state index contributed by atoms with van der Waals surface area (Å²) in [5.41, 5.74) is -4.77. The monoisotopic (exact) mass is 394 g/mol. The van der Waals surface area contributed by atoms with Gasteiger partial charge in [-0.25, -0.2) is 9.78 Å². The van der Waals surface area contributed by atoms with Gasteiger partial charge in [0.1, 0.15) is 10.5 Å². The summed E-state index contributed by atoms with van der Waals surface area (Å²) >= 11 is 0.603. The highest BCUT2D eigenvalue weighted by Gasteiger charge is 2.58. The van der Waals surface area contributed by atoms with Crippen LogP contribution in [0.2, 0.25) is 0 Å². The first kappa shape index (κ1) is 20.6. The summed E-state index contributed by atoms with van der Waals surface area (Å²) in [6, 6.07) is 0. The van der Waals surface area contributed by atoms with E-state index in [0.29, 0.717) is 29.9 Å². The average molecular weight is 394 g/mol. The maximum atomic E-state index is 13.5. The van der Waals surface area contributed by atoms with Gasteiger partial charge in [0, 0.05) is 11.1 Å². The first-order chi connectivity index (χ1) is 12.0. The molecule has 146 valence electrons. The maximum Gasteiger partial charge on any atom is 0.424 e. The molecule has 26 heavy (non-hydrogen) atoms. The van der Waals surface area contributed by atoms with Crippen molar-refractivity contribution in [3.05, 3.63) is 16.1 Å². The van der Waals surface area contributed by atoms with Crippen LogP contribution < -0.4 is 5.32 Å². The number of aliphatic hydroxyl groups is 1. The minimum atomic E-state index is -5.13. The Labute approximate surface area is 152 Å². The van der Waals surface area contributed by atoms with Crippen LogP contribution in [0.1, 0.15) is 55.6 Å². The molecule has 1 fully saturated rings. The third kappa shape index (κ3) is 4.17. The van der Waals surface area contributed by atoms with Crippen LogP contribution in [-0.4, -0.2) is 38.8 Å². The number of hydrogen-bond donors (Lipinski definition) is 3. The topological polar surface area (TPSA) is 99.5 Å². The zero-order valence-electron chi connectivity index (χ0n) is 14.2. The largest absolute Gasteiger partial charge is 0.480 e. The quantitative estimate of drug-likeness (QED) is 0.667. The Morgan fingerprint density at radius 1 is 1.27 bits per heavy atom. The van der Waals surface area contributed by atoms with Crippen LogP contribution in [0.5, 0.6) is 0 Å². The molecule has 1 unspecified atom stereocenters. The van der Waals surface area contributed by atoms with Crippen molar-refractivity contribution < 1.29 is 33.0 Å². The fraction of sp³-hybridized carbons (Fsp3) is 0.688. The predicted octanol–water partition coefficient (Wildman–Crippen LogP) is 2.89. The van der Waals surface area contributed by atoms with Gasteiger partial charge in [0.15, 0.2) is 0 Å². The second-order valence-corrected chi connectivity index (χ2v) is 7.54. The number of carboxylic acids is 1. The lowest BCUT2D eigenvalue weighted by atomic mass is 9.89. The van der Waals surface area contributed by atoms with Crippen molar-refractivity contribution in [2.75, 3.05) is 0 Å². The number of aromatic nitrogens is 1. The molecule has 3 N–H and O–H groups in total.